The van der Waals surface area contributed by atoms with Crippen LogP contribution in [-0.2, 0) is 4.84 Å². The van der Waals surface area contributed by atoms with Crippen molar-refractivity contribution in [2.75, 3.05) is 11.6 Å². The van der Waals surface area contributed by atoms with E-state index in [0.717, 1.165) is 34.8 Å². The summed E-state index contributed by atoms with van der Waals surface area (Å²) in [4.78, 5) is 7.46. The van der Waals surface area contributed by atoms with Crippen molar-refractivity contribution in [3.8, 4) is 11.1 Å². The highest BCUT2D eigenvalue weighted by Gasteiger charge is 2.20. The van der Waals surface area contributed by atoms with E-state index < -0.39 is 0 Å². The Kier molecular flexibility index (Phi) is 3.49. The number of aryl methyl sites for hydroxylation is 1. The predicted octanol–water partition coefficient (Wildman–Crippen LogP) is 4.10. The van der Waals surface area contributed by atoms with E-state index in [1.807, 2.05) is 29.2 Å². The fourth-order valence-corrected chi connectivity index (χ4v) is 2.52. The molecule has 2 aromatic rings. The summed E-state index contributed by atoms with van der Waals surface area (Å²) < 4.78 is 0. The molecule has 2 nitrogen and oxygen atoms in total. The van der Waals surface area contributed by atoms with Gasteiger partial charge in [-0.1, -0.05) is 41.4 Å². The number of benzene rings is 2. The van der Waals surface area contributed by atoms with Gasteiger partial charge in [-0.05, 0) is 31.4 Å². The molecule has 19 heavy (non-hydrogen) atoms. The van der Waals surface area contributed by atoms with Crippen LogP contribution in [0.5, 0.6) is 0 Å². The molecule has 3 rings (SSSR count). The van der Waals surface area contributed by atoms with Gasteiger partial charge in [0.2, 0.25) is 0 Å². The Morgan fingerprint density at radius 3 is 2.74 bits per heavy atom. The molecule has 0 saturated carbocycles. The number of hydrogen-bond acceptors (Lipinski definition) is 2. The molecular formula is C15H14BClNO. The van der Waals surface area contributed by atoms with Crippen molar-refractivity contribution in [3.05, 3.63) is 53.1 Å². The molecule has 0 amide bonds. The second kappa shape index (κ2) is 5.28. The fraction of sp³-hybridized carbons (Fsp3) is 0.200. The Morgan fingerprint density at radius 1 is 1.16 bits per heavy atom. The van der Waals surface area contributed by atoms with Crippen LogP contribution in [0.3, 0.4) is 0 Å². The van der Waals surface area contributed by atoms with E-state index in [0.29, 0.717) is 0 Å². The minimum atomic E-state index is 0.732. The second-order valence-electron chi connectivity index (χ2n) is 4.63. The molecule has 1 aliphatic heterocycles. The Hall–Kier alpha value is -1.45. The van der Waals surface area contributed by atoms with E-state index >= 15 is 0 Å². The zero-order valence-electron chi connectivity index (χ0n) is 10.8. The maximum absolute atomic E-state index is 6.32. The summed E-state index contributed by atoms with van der Waals surface area (Å²) in [6, 6.07) is 14.2. The zero-order valence-corrected chi connectivity index (χ0v) is 11.5. The molecule has 0 atom stereocenters. The summed E-state index contributed by atoms with van der Waals surface area (Å²) in [7, 11) is 2.06. The van der Waals surface area contributed by atoms with Crippen LogP contribution in [-0.4, -0.2) is 14.0 Å². The van der Waals surface area contributed by atoms with Crippen molar-refractivity contribution in [2.24, 2.45) is 0 Å². The molecule has 0 unspecified atom stereocenters. The van der Waals surface area contributed by atoms with Gasteiger partial charge in [-0.2, -0.15) is 0 Å². The van der Waals surface area contributed by atoms with Crippen molar-refractivity contribution in [1.29, 1.82) is 0 Å². The molecule has 0 spiro atoms. The standard InChI is InChI=1S/C15H14BClNO/c1-11-6-7-15(18-16-8-9-19-18)13(10-11)12-4-2-3-5-14(12)17/h2-7,10H,8-9H2,1H3. The molecule has 1 fully saturated rings. The molecule has 0 N–H and O–H groups in total. The second-order valence-corrected chi connectivity index (χ2v) is 5.04. The molecule has 2 aromatic carbocycles. The Labute approximate surface area is 119 Å². The van der Waals surface area contributed by atoms with Gasteiger partial charge < -0.3 is 4.97 Å². The van der Waals surface area contributed by atoms with E-state index in [4.69, 9.17) is 16.4 Å². The molecule has 1 saturated heterocycles. The van der Waals surface area contributed by atoms with Gasteiger partial charge in [0.25, 0.3) is 7.41 Å². The van der Waals surface area contributed by atoms with Gasteiger partial charge in [0, 0.05) is 16.1 Å². The third-order valence-electron chi connectivity index (χ3n) is 3.20. The number of nitrogens with zero attached hydrogens (tertiary/aromatic N) is 1. The van der Waals surface area contributed by atoms with E-state index in [1.165, 1.54) is 5.56 Å². The molecule has 1 heterocycles. The van der Waals surface area contributed by atoms with Crippen molar-refractivity contribution in [3.63, 3.8) is 0 Å². The highest BCUT2D eigenvalue weighted by Crippen LogP contribution is 2.36. The minimum absolute atomic E-state index is 0.732. The lowest BCUT2D eigenvalue weighted by atomic mass is 9.88. The molecule has 95 valence electrons. The molecule has 1 aliphatic rings. The average Bonchev–Trinajstić information content (AvgIpc) is 2.93. The lowest BCUT2D eigenvalue weighted by Gasteiger charge is -2.21. The third-order valence-corrected chi connectivity index (χ3v) is 3.53. The van der Waals surface area contributed by atoms with Crippen LogP contribution in [0.4, 0.5) is 5.69 Å². The summed E-state index contributed by atoms with van der Waals surface area (Å²) in [5, 5.41) is 0.758. The first-order chi connectivity index (χ1) is 9.25. The summed E-state index contributed by atoms with van der Waals surface area (Å²) in [5.74, 6) is 0. The topological polar surface area (TPSA) is 12.5 Å². The average molecular weight is 271 g/mol. The van der Waals surface area contributed by atoms with Gasteiger partial charge in [-0.15, -0.1) is 0 Å². The number of hydrogen-bond donors (Lipinski definition) is 0. The summed E-state index contributed by atoms with van der Waals surface area (Å²) in [6.07, 6.45) is 0.940. The molecule has 0 aliphatic carbocycles. The van der Waals surface area contributed by atoms with Gasteiger partial charge in [-0.3, -0.25) is 4.84 Å². The van der Waals surface area contributed by atoms with E-state index in [9.17, 15) is 0 Å². The first-order valence-electron chi connectivity index (χ1n) is 6.37. The monoisotopic (exact) mass is 270 g/mol. The Balaban J connectivity index is 2.13. The first-order valence-corrected chi connectivity index (χ1v) is 6.74. The van der Waals surface area contributed by atoms with Crippen LogP contribution in [0.2, 0.25) is 11.3 Å². The molecule has 4 heteroatoms. The van der Waals surface area contributed by atoms with Gasteiger partial charge in [0.1, 0.15) is 0 Å². The molecule has 0 bridgehead atoms. The fourth-order valence-electron chi connectivity index (χ4n) is 2.28. The summed E-state index contributed by atoms with van der Waals surface area (Å²) in [5.41, 5.74) is 4.38. The zero-order chi connectivity index (χ0) is 13.2. The predicted molar refractivity (Wildman–Crippen MR) is 80.6 cm³/mol. The third kappa shape index (κ3) is 2.49. The van der Waals surface area contributed by atoms with Crippen LogP contribution in [0.1, 0.15) is 5.56 Å². The van der Waals surface area contributed by atoms with Crippen molar-refractivity contribution < 1.29 is 4.84 Å². The van der Waals surface area contributed by atoms with Crippen LogP contribution in [0.15, 0.2) is 42.5 Å². The quantitative estimate of drug-likeness (QED) is 0.762. The molecular weight excluding hydrogens is 256 g/mol. The maximum atomic E-state index is 6.32. The normalized spacial score (nSPS) is 14.5. The summed E-state index contributed by atoms with van der Waals surface area (Å²) >= 11 is 6.32. The van der Waals surface area contributed by atoms with Crippen molar-refractivity contribution in [1.82, 2.24) is 0 Å². The SMILES string of the molecule is Cc1ccc(N2[B]CCO2)c(-c2ccccc2Cl)c1. The van der Waals surface area contributed by atoms with Crippen LogP contribution >= 0.6 is 11.6 Å². The van der Waals surface area contributed by atoms with Crippen LogP contribution in [0, 0.1) is 6.92 Å². The van der Waals surface area contributed by atoms with Gasteiger partial charge >= 0.3 is 0 Å². The largest absolute Gasteiger partial charge is 0.306 e. The summed E-state index contributed by atoms with van der Waals surface area (Å²) in [6.45, 7) is 2.81. The van der Waals surface area contributed by atoms with Gasteiger partial charge in [0.05, 0.1) is 12.3 Å². The van der Waals surface area contributed by atoms with E-state index in [1.54, 1.807) is 0 Å². The minimum Gasteiger partial charge on any atom is -0.306 e. The maximum Gasteiger partial charge on any atom is 0.288 e. The highest BCUT2D eigenvalue weighted by molar-refractivity contribution is 6.42. The Morgan fingerprint density at radius 2 is 2.00 bits per heavy atom. The van der Waals surface area contributed by atoms with Crippen molar-refractivity contribution >= 4 is 24.7 Å². The number of rotatable bonds is 2. The first kappa shape index (κ1) is 12.6. The van der Waals surface area contributed by atoms with Gasteiger partial charge in [0.15, 0.2) is 0 Å². The van der Waals surface area contributed by atoms with E-state index in [-0.39, 0.29) is 0 Å². The lowest BCUT2D eigenvalue weighted by molar-refractivity contribution is 0.185. The van der Waals surface area contributed by atoms with Gasteiger partial charge in [-0.25, -0.2) is 0 Å². The smallest absolute Gasteiger partial charge is 0.288 e. The molecule has 1 radical (unpaired) electrons. The molecule has 0 aromatic heterocycles. The number of halogens is 1. The highest BCUT2D eigenvalue weighted by atomic mass is 35.5. The van der Waals surface area contributed by atoms with Crippen molar-refractivity contribution in [2.45, 2.75) is 13.2 Å². The lowest BCUT2D eigenvalue weighted by Crippen LogP contribution is -2.19. The Bertz CT molecular complexity index is 596. The van der Waals surface area contributed by atoms with E-state index in [2.05, 4.69) is 32.5 Å². The van der Waals surface area contributed by atoms with Crippen LogP contribution in [0.25, 0.3) is 11.1 Å². The van der Waals surface area contributed by atoms with Crippen LogP contribution < -0.4 is 4.97 Å². The number of anilines is 1.